The molecule has 2 heterocycles. The van der Waals surface area contributed by atoms with Crippen LogP contribution in [0.3, 0.4) is 0 Å². The highest BCUT2D eigenvalue weighted by Gasteiger charge is 2.34. The molecule has 182 valence electrons. The number of hydrogen-bond acceptors (Lipinski definition) is 4. The van der Waals surface area contributed by atoms with Crippen LogP contribution in [0.4, 0.5) is 0 Å². The van der Waals surface area contributed by atoms with Gasteiger partial charge in [0.1, 0.15) is 0 Å². The zero-order valence-corrected chi connectivity index (χ0v) is 22.3. The second kappa shape index (κ2) is 10.3. The van der Waals surface area contributed by atoms with Gasteiger partial charge < -0.3 is 4.90 Å². The summed E-state index contributed by atoms with van der Waals surface area (Å²) in [7, 11) is 0. The van der Waals surface area contributed by atoms with Gasteiger partial charge in [-0.2, -0.15) is 0 Å². The SMILES string of the molecule is CCN(CC)C(=O)C1=C(C)N=c2s/c(=C/c3ccc(C(C)C)cc3)c(=O)n2[C@H]1c1ccc(Cl)cc1. The van der Waals surface area contributed by atoms with Crippen molar-refractivity contribution in [2.45, 2.75) is 46.6 Å². The van der Waals surface area contributed by atoms with E-state index in [1.165, 1.54) is 16.9 Å². The van der Waals surface area contributed by atoms with Gasteiger partial charge in [0, 0.05) is 18.1 Å². The predicted octanol–water partition coefficient (Wildman–Crippen LogP) is 4.88. The molecule has 1 amide bonds. The minimum atomic E-state index is -0.568. The fourth-order valence-electron chi connectivity index (χ4n) is 4.37. The van der Waals surface area contributed by atoms with Crippen LogP contribution in [0.5, 0.6) is 0 Å². The summed E-state index contributed by atoms with van der Waals surface area (Å²) in [4.78, 5) is 34.4. The molecule has 0 N–H and O–H groups in total. The lowest BCUT2D eigenvalue weighted by Crippen LogP contribution is -2.43. The number of likely N-dealkylation sites (N-methyl/N-ethyl adjacent to an activating group) is 1. The van der Waals surface area contributed by atoms with E-state index in [0.29, 0.717) is 44.6 Å². The van der Waals surface area contributed by atoms with Gasteiger partial charge in [-0.1, -0.05) is 73.2 Å². The van der Waals surface area contributed by atoms with Crippen molar-refractivity contribution in [1.82, 2.24) is 9.47 Å². The molecule has 0 saturated carbocycles. The van der Waals surface area contributed by atoms with Crippen LogP contribution in [-0.2, 0) is 4.79 Å². The Bertz CT molecular complexity index is 1440. The summed E-state index contributed by atoms with van der Waals surface area (Å²) in [5.41, 5.74) is 4.04. The quantitative estimate of drug-likeness (QED) is 0.477. The van der Waals surface area contributed by atoms with E-state index >= 15 is 0 Å². The predicted molar refractivity (Wildman–Crippen MR) is 144 cm³/mol. The Kier molecular flexibility index (Phi) is 7.43. The van der Waals surface area contributed by atoms with Crippen molar-refractivity contribution >= 4 is 34.9 Å². The standard InChI is InChI=1S/C28H30ClN3O2S/c1-6-31(7-2)27(34)24-18(5)30-28-32(25(24)21-12-14-22(29)15-13-21)26(33)23(35-28)16-19-8-10-20(11-9-19)17(3)4/h8-17,25H,6-7H2,1-5H3/b23-16+/t25-/m0/s1. The maximum atomic E-state index is 13.7. The molecular formula is C28H30ClN3O2S. The highest BCUT2D eigenvalue weighted by atomic mass is 35.5. The normalized spacial score (nSPS) is 15.9. The van der Waals surface area contributed by atoms with Gasteiger partial charge in [-0.25, -0.2) is 4.99 Å². The van der Waals surface area contributed by atoms with Crippen molar-refractivity contribution in [2.75, 3.05) is 13.1 Å². The van der Waals surface area contributed by atoms with Crippen LogP contribution in [0.2, 0.25) is 5.02 Å². The first-order chi connectivity index (χ1) is 16.7. The Labute approximate surface area is 214 Å². The molecule has 35 heavy (non-hydrogen) atoms. The van der Waals surface area contributed by atoms with Crippen molar-refractivity contribution in [1.29, 1.82) is 0 Å². The van der Waals surface area contributed by atoms with Crippen LogP contribution in [0.1, 0.15) is 63.3 Å². The van der Waals surface area contributed by atoms with Gasteiger partial charge in [-0.3, -0.25) is 14.2 Å². The van der Waals surface area contributed by atoms with E-state index in [1.807, 2.05) is 51.1 Å². The van der Waals surface area contributed by atoms with Crippen molar-refractivity contribution in [3.63, 3.8) is 0 Å². The molecule has 4 rings (SSSR count). The molecule has 1 atom stereocenters. The number of amides is 1. The summed E-state index contributed by atoms with van der Waals surface area (Å²) in [6.45, 7) is 11.2. The fraction of sp³-hybridized carbons (Fsp3) is 0.321. The van der Waals surface area contributed by atoms with E-state index in [0.717, 1.165) is 11.1 Å². The molecule has 0 aliphatic carbocycles. The average molecular weight is 508 g/mol. The van der Waals surface area contributed by atoms with Crippen LogP contribution >= 0.6 is 22.9 Å². The van der Waals surface area contributed by atoms with Crippen LogP contribution in [0.15, 0.2) is 69.6 Å². The summed E-state index contributed by atoms with van der Waals surface area (Å²) < 4.78 is 2.25. The van der Waals surface area contributed by atoms with Crippen molar-refractivity contribution in [3.8, 4) is 0 Å². The average Bonchev–Trinajstić information content (AvgIpc) is 3.14. The lowest BCUT2D eigenvalue weighted by molar-refractivity contribution is -0.127. The van der Waals surface area contributed by atoms with Crippen molar-refractivity contribution in [3.05, 3.63) is 101 Å². The molecule has 1 aromatic heterocycles. The third-order valence-corrected chi connectivity index (χ3v) is 7.62. The van der Waals surface area contributed by atoms with E-state index in [2.05, 4.69) is 26.0 Å². The molecule has 5 nitrogen and oxygen atoms in total. The van der Waals surface area contributed by atoms with Gasteiger partial charge >= 0.3 is 0 Å². The van der Waals surface area contributed by atoms with Gasteiger partial charge in [0.25, 0.3) is 11.5 Å². The van der Waals surface area contributed by atoms with E-state index in [9.17, 15) is 9.59 Å². The van der Waals surface area contributed by atoms with Gasteiger partial charge in [0.2, 0.25) is 0 Å². The third-order valence-electron chi connectivity index (χ3n) is 6.39. The molecule has 1 aliphatic heterocycles. The molecular weight excluding hydrogens is 478 g/mol. The molecule has 0 radical (unpaired) electrons. The second-order valence-electron chi connectivity index (χ2n) is 8.93. The number of thiazole rings is 1. The fourth-order valence-corrected chi connectivity index (χ4v) is 5.54. The summed E-state index contributed by atoms with van der Waals surface area (Å²) in [6.07, 6.45) is 1.90. The smallest absolute Gasteiger partial charge is 0.271 e. The molecule has 0 spiro atoms. The zero-order chi connectivity index (χ0) is 25.3. The highest BCUT2D eigenvalue weighted by molar-refractivity contribution is 7.07. The minimum Gasteiger partial charge on any atom is -0.339 e. The Balaban J connectivity index is 1.91. The monoisotopic (exact) mass is 507 g/mol. The Morgan fingerprint density at radius 3 is 2.31 bits per heavy atom. The second-order valence-corrected chi connectivity index (χ2v) is 10.4. The number of nitrogens with zero attached hydrogens (tertiary/aromatic N) is 3. The molecule has 0 saturated heterocycles. The van der Waals surface area contributed by atoms with Crippen LogP contribution in [-0.4, -0.2) is 28.5 Å². The molecule has 0 bridgehead atoms. The van der Waals surface area contributed by atoms with E-state index in [-0.39, 0.29) is 11.5 Å². The van der Waals surface area contributed by atoms with E-state index in [1.54, 1.807) is 21.6 Å². The Morgan fingerprint density at radius 2 is 1.74 bits per heavy atom. The van der Waals surface area contributed by atoms with Crippen LogP contribution < -0.4 is 14.9 Å². The molecule has 0 fully saturated rings. The van der Waals surface area contributed by atoms with Gasteiger partial charge in [0.15, 0.2) is 4.80 Å². The van der Waals surface area contributed by atoms with E-state index in [4.69, 9.17) is 16.6 Å². The summed E-state index contributed by atoms with van der Waals surface area (Å²) in [5.74, 6) is 0.341. The molecule has 2 aromatic carbocycles. The number of fused-ring (bicyclic) bond motifs is 1. The number of benzene rings is 2. The number of hydrogen-bond donors (Lipinski definition) is 0. The molecule has 0 unspecified atom stereocenters. The number of carbonyl (C=O) groups excluding carboxylic acids is 1. The van der Waals surface area contributed by atoms with Gasteiger partial charge in [0.05, 0.1) is 21.8 Å². The highest BCUT2D eigenvalue weighted by Crippen LogP contribution is 2.31. The van der Waals surface area contributed by atoms with Crippen molar-refractivity contribution in [2.24, 2.45) is 4.99 Å². The van der Waals surface area contributed by atoms with Crippen molar-refractivity contribution < 1.29 is 4.79 Å². The topological polar surface area (TPSA) is 54.7 Å². The lowest BCUT2D eigenvalue weighted by atomic mass is 9.94. The summed E-state index contributed by atoms with van der Waals surface area (Å²) in [6, 6.07) is 15.0. The molecule has 7 heteroatoms. The third kappa shape index (κ3) is 4.91. The number of halogens is 1. The van der Waals surface area contributed by atoms with Gasteiger partial charge in [-0.15, -0.1) is 0 Å². The number of carbonyl (C=O) groups is 1. The Morgan fingerprint density at radius 1 is 1.11 bits per heavy atom. The first-order valence-corrected chi connectivity index (χ1v) is 13.1. The summed E-state index contributed by atoms with van der Waals surface area (Å²) >= 11 is 7.50. The first kappa shape index (κ1) is 25.1. The van der Waals surface area contributed by atoms with E-state index < -0.39 is 6.04 Å². The Hall–Kier alpha value is -2.96. The van der Waals surface area contributed by atoms with Gasteiger partial charge in [-0.05, 0) is 61.6 Å². The number of aromatic nitrogens is 1. The zero-order valence-electron chi connectivity index (χ0n) is 20.7. The maximum Gasteiger partial charge on any atom is 0.271 e. The van der Waals surface area contributed by atoms with Crippen LogP contribution in [0, 0.1) is 0 Å². The molecule has 3 aromatic rings. The summed E-state index contributed by atoms with van der Waals surface area (Å²) in [5, 5.41) is 0.600. The number of allylic oxidation sites excluding steroid dienone is 1. The van der Waals surface area contributed by atoms with Crippen LogP contribution in [0.25, 0.3) is 6.08 Å². The lowest BCUT2D eigenvalue weighted by Gasteiger charge is -2.29. The maximum absolute atomic E-state index is 13.7. The first-order valence-electron chi connectivity index (χ1n) is 11.9. The largest absolute Gasteiger partial charge is 0.339 e. The molecule has 1 aliphatic rings. The minimum absolute atomic E-state index is 0.102. The number of rotatable bonds is 6.